The van der Waals surface area contributed by atoms with Crippen molar-refractivity contribution in [2.45, 2.75) is 25.9 Å². The molecule has 0 aliphatic rings. The van der Waals surface area contributed by atoms with Crippen molar-refractivity contribution in [3.8, 4) is 0 Å². The quantitative estimate of drug-likeness (QED) is 0.906. The van der Waals surface area contributed by atoms with E-state index in [9.17, 15) is 9.18 Å². The van der Waals surface area contributed by atoms with E-state index in [1.54, 1.807) is 37.0 Å². The summed E-state index contributed by atoms with van der Waals surface area (Å²) >= 11 is 0. The molecule has 6 nitrogen and oxygen atoms in total. The lowest BCUT2D eigenvalue weighted by molar-refractivity contribution is 0.234. The molecule has 1 aromatic carbocycles. The number of nitrogens with one attached hydrogen (secondary N) is 2. The maximum absolute atomic E-state index is 13.2. The van der Waals surface area contributed by atoms with Crippen LogP contribution in [0.2, 0.25) is 0 Å². The number of hydrogen-bond donors (Lipinski definition) is 2. The van der Waals surface area contributed by atoms with Gasteiger partial charge in [-0.25, -0.2) is 9.18 Å². The van der Waals surface area contributed by atoms with E-state index in [4.69, 9.17) is 0 Å². The highest BCUT2D eigenvalue weighted by molar-refractivity contribution is 5.74. The van der Waals surface area contributed by atoms with Crippen molar-refractivity contribution in [2.75, 3.05) is 0 Å². The summed E-state index contributed by atoms with van der Waals surface area (Å²) in [5.41, 5.74) is 0.705. The Morgan fingerprint density at radius 1 is 1.29 bits per heavy atom. The van der Waals surface area contributed by atoms with Gasteiger partial charge in [-0.2, -0.15) is 0 Å². The van der Waals surface area contributed by atoms with Crippen LogP contribution in [0.15, 0.2) is 30.6 Å². The highest BCUT2D eigenvalue weighted by atomic mass is 19.1. The summed E-state index contributed by atoms with van der Waals surface area (Å²) in [6, 6.07) is 5.22. The molecule has 0 bridgehead atoms. The number of carbonyl (C=O) groups is 1. The molecule has 0 saturated carbocycles. The van der Waals surface area contributed by atoms with Crippen molar-refractivity contribution >= 4 is 6.03 Å². The van der Waals surface area contributed by atoms with Gasteiger partial charge in [0.2, 0.25) is 0 Å². The summed E-state index contributed by atoms with van der Waals surface area (Å²) in [5.74, 6) is 0.331. The number of aromatic nitrogens is 3. The Morgan fingerprint density at radius 2 is 2.00 bits per heavy atom. The third-order valence-electron chi connectivity index (χ3n) is 3.18. The van der Waals surface area contributed by atoms with E-state index in [2.05, 4.69) is 20.8 Å². The molecule has 2 N–H and O–H groups in total. The SMILES string of the molecule is C[C@H](NC(=O)N[C@@H](C)c1nncn1C)c1cccc(F)c1. The summed E-state index contributed by atoms with van der Waals surface area (Å²) in [6.45, 7) is 3.61. The van der Waals surface area contributed by atoms with Crippen LogP contribution >= 0.6 is 0 Å². The largest absolute Gasteiger partial charge is 0.332 e. The Labute approximate surface area is 122 Å². The van der Waals surface area contributed by atoms with Gasteiger partial charge in [0.1, 0.15) is 12.1 Å². The van der Waals surface area contributed by atoms with Crippen LogP contribution in [-0.2, 0) is 7.05 Å². The minimum absolute atomic E-state index is 0.280. The van der Waals surface area contributed by atoms with Gasteiger partial charge in [-0.05, 0) is 31.5 Å². The second kappa shape index (κ2) is 6.34. The predicted octanol–water partition coefficient (Wildman–Crippen LogP) is 2.08. The summed E-state index contributed by atoms with van der Waals surface area (Å²) < 4.78 is 14.9. The van der Waals surface area contributed by atoms with Crippen molar-refractivity contribution in [3.63, 3.8) is 0 Å². The molecule has 0 saturated heterocycles. The number of carbonyl (C=O) groups excluding carboxylic acids is 1. The number of halogens is 1. The zero-order valence-electron chi connectivity index (χ0n) is 12.2. The van der Waals surface area contributed by atoms with E-state index in [1.165, 1.54) is 12.1 Å². The zero-order chi connectivity index (χ0) is 15.4. The summed E-state index contributed by atoms with van der Waals surface area (Å²) in [7, 11) is 1.81. The molecule has 0 fully saturated rings. The van der Waals surface area contributed by atoms with Crippen molar-refractivity contribution in [1.82, 2.24) is 25.4 Å². The number of rotatable bonds is 4. The highest BCUT2D eigenvalue weighted by Crippen LogP contribution is 2.13. The van der Waals surface area contributed by atoms with Gasteiger partial charge in [0, 0.05) is 7.05 Å². The first-order valence-electron chi connectivity index (χ1n) is 6.63. The normalized spacial score (nSPS) is 13.5. The number of hydrogen-bond acceptors (Lipinski definition) is 3. The van der Waals surface area contributed by atoms with Gasteiger partial charge in [0.25, 0.3) is 0 Å². The van der Waals surface area contributed by atoms with E-state index in [-0.39, 0.29) is 23.9 Å². The van der Waals surface area contributed by atoms with Gasteiger partial charge in [0.05, 0.1) is 12.1 Å². The van der Waals surface area contributed by atoms with Crippen molar-refractivity contribution < 1.29 is 9.18 Å². The fraction of sp³-hybridized carbons (Fsp3) is 0.357. The average Bonchev–Trinajstić information content (AvgIpc) is 2.84. The molecule has 7 heteroatoms. The lowest BCUT2D eigenvalue weighted by Crippen LogP contribution is -2.39. The predicted molar refractivity (Wildman–Crippen MR) is 75.9 cm³/mol. The van der Waals surface area contributed by atoms with Crippen LogP contribution in [-0.4, -0.2) is 20.8 Å². The fourth-order valence-electron chi connectivity index (χ4n) is 2.04. The molecular weight excluding hydrogens is 273 g/mol. The molecule has 2 atom stereocenters. The van der Waals surface area contributed by atoms with Gasteiger partial charge in [0.15, 0.2) is 5.82 Å². The van der Waals surface area contributed by atoms with Gasteiger partial charge < -0.3 is 15.2 Å². The van der Waals surface area contributed by atoms with Crippen molar-refractivity contribution in [2.24, 2.45) is 7.05 Å². The molecule has 1 heterocycles. The number of aryl methyl sites for hydroxylation is 1. The molecule has 2 rings (SSSR count). The molecule has 21 heavy (non-hydrogen) atoms. The molecule has 0 unspecified atom stereocenters. The van der Waals surface area contributed by atoms with E-state index in [0.29, 0.717) is 11.4 Å². The second-order valence-corrected chi connectivity index (χ2v) is 4.92. The monoisotopic (exact) mass is 291 g/mol. The van der Waals surface area contributed by atoms with Crippen LogP contribution < -0.4 is 10.6 Å². The summed E-state index contributed by atoms with van der Waals surface area (Å²) in [4.78, 5) is 12.0. The van der Waals surface area contributed by atoms with Crippen molar-refractivity contribution in [3.05, 3.63) is 47.8 Å². The number of amides is 2. The standard InChI is InChI=1S/C14H18FN5O/c1-9(11-5-4-6-12(15)7-11)17-14(21)18-10(2)13-19-16-8-20(13)3/h4-10H,1-3H3,(H2,17,18,21)/t9-,10-/m0/s1. The maximum Gasteiger partial charge on any atom is 0.315 e. The number of benzene rings is 1. The second-order valence-electron chi connectivity index (χ2n) is 4.92. The van der Waals surface area contributed by atoms with Gasteiger partial charge in [-0.1, -0.05) is 12.1 Å². The molecule has 112 valence electrons. The van der Waals surface area contributed by atoms with Crippen molar-refractivity contribution in [1.29, 1.82) is 0 Å². The van der Waals surface area contributed by atoms with Gasteiger partial charge in [-0.3, -0.25) is 0 Å². The average molecular weight is 291 g/mol. The molecular formula is C14H18FN5O. The fourth-order valence-corrected chi connectivity index (χ4v) is 2.04. The third kappa shape index (κ3) is 3.77. The minimum atomic E-state index is -0.345. The zero-order valence-corrected chi connectivity index (χ0v) is 12.2. The van der Waals surface area contributed by atoms with E-state index in [0.717, 1.165) is 0 Å². The van der Waals surface area contributed by atoms with E-state index < -0.39 is 0 Å². The molecule has 0 spiro atoms. The van der Waals surface area contributed by atoms with Crippen LogP contribution in [0.3, 0.4) is 0 Å². The Kier molecular flexibility index (Phi) is 4.52. The Hall–Kier alpha value is -2.44. The molecule has 1 aromatic heterocycles. The summed E-state index contributed by atoms with van der Waals surface area (Å²) in [6.07, 6.45) is 1.57. The Morgan fingerprint density at radius 3 is 2.62 bits per heavy atom. The van der Waals surface area contributed by atoms with E-state index >= 15 is 0 Å². The van der Waals surface area contributed by atoms with Crippen LogP contribution in [0, 0.1) is 5.82 Å². The van der Waals surface area contributed by atoms with Crippen LogP contribution in [0.25, 0.3) is 0 Å². The Balaban J connectivity index is 1.94. The van der Waals surface area contributed by atoms with Gasteiger partial charge >= 0.3 is 6.03 Å². The Bertz CT molecular complexity index is 627. The highest BCUT2D eigenvalue weighted by Gasteiger charge is 2.16. The number of nitrogens with zero attached hydrogens (tertiary/aromatic N) is 3. The third-order valence-corrected chi connectivity index (χ3v) is 3.18. The minimum Gasteiger partial charge on any atom is -0.332 e. The molecule has 2 aromatic rings. The first-order chi connectivity index (χ1) is 9.97. The first kappa shape index (κ1) is 15.0. The van der Waals surface area contributed by atoms with Crippen LogP contribution in [0.5, 0.6) is 0 Å². The summed E-state index contributed by atoms with van der Waals surface area (Å²) in [5, 5.41) is 13.2. The molecule has 2 amide bonds. The van der Waals surface area contributed by atoms with Gasteiger partial charge in [-0.15, -0.1) is 10.2 Å². The van der Waals surface area contributed by atoms with Crippen LogP contribution in [0.4, 0.5) is 9.18 Å². The lowest BCUT2D eigenvalue weighted by Gasteiger charge is -2.18. The molecule has 0 aliphatic carbocycles. The topological polar surface area (TPSA) is 71.8 Å². The first-order valence-corrected chi connectivity index (χ1v) is 6.63. The molecule has 0 radical (unpaired) electrons. The number of urea groups is 1. The maximum atomic E-state index is 13.2. The lowest BCUT2D eigenvalue weighted by atomic mass is 10.1. The van der Waals surface area contributed by atoms with E-state index in [1.807, 2.05) is 6.92 Å². The molecule has 0 aliphatic heterocycles. The smallest absolute Gasteiger partial charge is 0.315 e. The van der Waals surface area contributed by atoms with Crippen LogP contribution in [0.1, 0.15) is 37.3 Å².